The summed E-state index contributed by atoms with van der Waals surface area (Å²) in [6.45, 7) is 1.96. The van der Waals surface area contributed by atoms with E-state index in [-0.39, 0.29) is 37.8 Å². The molecule has 0 aliphatic rings. The molecule has 1 N–H and O–H groups in total. The molecule has 4 nitrogen and oxygen atoms in total. The second-order valence-electron chi connectivity index (χ2n) is 6.22. The van der Waals surface area contributed by atoms with Crippen molar-refractivity contribution in [2.75, 3.05) is 6.54 Å². The normalized spacial score (nSPS) is 11.8. The monoisotopic (exact) mass is 361 g/mol. The highest BCUT2D eigenvalue weighted by Gasteiger charge is 2.19. The van der Waals surface area contributed by atoms with Gasteiger partial charge in [-0.2, -0.15) is 0 Å². The number of benzene rings is 2. The largest absolute Gasteiger partial charge is 0.481 e. The number of carbonyl (C=O) groups is 2. The van der Waals surface area contributed by atoms with Gasteiger partial charge in [-0.1, -0.05) is 43.3 Å². The van der Waals surface area contributed by atoms with Gasteiger partial charge in [0.25, 0.3) is 0 Å². The second kappa shape index (κ2) is 9.08. The number of nitrogens with zero attached hydrogens (tertiary/aromatic N) is 1. The molecule has 0 fully saturated rings. The zero-order valence-corrected chi connectivity index (χ0v) is 14.5. The smallest absolute Gasteiger partial charge is 0.305 e. The van der Waals surface area contributed by atoms with Crippen LogP contribution >= 0.6 is 0 Å². The standard InChI is InChI=1S/C20H21F2NO3/c1-14(16-5-3-2-4-6-16)11-19(24)23(10-9-20(25)26)13-15-7-8-17(21)18(22)12-15/h2-8,12,14H,9-11,13H2,1H3,(H,25,26). The summed E-state index contributed by atoms with van der Waals surface area (Å²) >= 11 is 0. The van der Waals surface area contributed by atoms with Gasteiger partial charge in [0.2, 0.25) is 5.91 Å². The lowest BCUT2D eigenvalue weighted by Gasteiger charge is -2.24. The number of carbonyl (C=O) groups excluding carboxylic acids is 1. The Morgan fingerprint density at radius 3 is 2.38 bits per heavy atom. The van der Waals surface area contributed by atoms with Gasteiger partial charge in [-0.25, -0.2) is 8.78 Å². The Bertz CT molecular complexity index is 765. The Morgan fingerprint density at radius 1 is 1.08 bits per heavy atom. The Hall–Kier alpha value is -2.76. The number of hydrogen-bond donors (Lipinski definition) is 1. The molecule has 2 aromatic rings. The van der Waals surface area contributed by atoms with Gasteiger partial charge in [-0.05, 0) is 29.2 Å². The molecular formula is C20H21F2NO3. The first-order valence-corrected chi connectivity index (χ1v) is 8.35. The van der Waals surface area contributed by atoms with Gasteiger partial charge in [0.1, 0.15) is 0 Å². The van der Waals surface area contributed by atoms with Crippen LogP contribution in [-0.2, 0) is 16.1 Å². The molecule has 6 heteroatoms. The molecule has 2 rings (SSSR count). The zero-order chi connectivity index (χ0) is 19.1. The maximum Gasteiger partial charge on any atom is 0.305 e. The van der Waals surface area contributed by atoms with Gasteiger partial charge in [0, 0.05) is 19.5 Å². The molecule has 0 aromatic heterocycles. The van der Waals surface area contributed by atoms with Crippen molar-refractivity contribution < 1.29 is 23.5 Å². The maximum atomic E-state index is 13.4. The molecule has 0 saturated heterocycles. The molecule has 0 aliphatic heterocycles. The molecule has 0 aliphatic carbocycles. The van der Waals surface area contributed by atoms with Crippen molar-refractivity contribution in [2.45, 2.75) is 32.2 Å². The SMILES string of the molecule is CC(CC(=O)N(CCC(=O)O)Cc1ccc(F)c(F)c1)c1ccccc1. The van der Waals surface area contributed by atoms with E-state index in [1.165, 1.54) is 11.0 Å². The van der Waals surface area contributed by atoms with Crippen molar-refractivity contribution in [1.29, 1.82) is 0 Å². The summed E-state index contributed by atoms with van der Waals surface area (Å²) in [6.07, 6.45) is -0.0115. The third-order valence-corrected chi connectivity index (χ3v) is 4.16. The highest BCUT2D eigenvalue weighted by Crippen LogP contribution is 2.21. The van der Waals surface area contributed by atoms with Crippen LogP contribution in [0.25, 0.3) is 0 Å². The average molecular weight is 361 g/mol. The second-order valence-corrected chi connectivity index (χ2v) is 6.22. The molecule has 0 radical (unpaired) electrons. The predicted molar refractivity (Wildman–Crippen MR) is 93.5 cm³/mol. The summed E-state index contributed by atoms with van der Waals surface area (Å²) in [4.78, 5) is 24.9. The Balaban J connectivity index is 2.10. The highest BCUT2D eigenvalue weighted by molar-refractivity contribution is 5.78. The van der Waals surface area contributed by atoms with E-state index >= 15 is 0 Å². The molecule has 26 heavy (non-hydrogen) atoms. The minimum atomic E-state index is -1.02. The van der Waals surface area contributed by atoms with E-state index in [2.05, 4.69) is 0 Å². The molecule has 1 amide bonds. The van der Waals surface area contributed by atoms with Crippen molar-refractivity contribution in [3.8, 4) is 0 Å². The quantitative estimate of drug-likeness (QED) is 0.774. The van der Waals surface area contributed by atoms with E-state index in [1.54, 1.807) is 0 Å². The predicted octanol–water partition coefficient (Wildman–Crippen LogP) is 3.96. The molecule has 0 heterocycles. The summed E-state index contributed by atoms with van der Waals surface area (Å²) in [7, 11) is 0. The van der Waals surface area contributed by atoms with E-state index in [0.717, 1.165) is 17.7 Å². The van der Waals surface area contributed by atoms with Crippen LogP contribution in [0.15, 0.2) is 48.5 Å². The summed E-state index contributed by atoms with van der Waals surface area (Å²) in [5.74, 6) is -3.25. The topological polar surface area (TPSA) is 57.6 Å². The van der Waals surface area contributed by atoms with Crippen molar-refractivity contribution in [2.24, 2.45) is 0 Å². The first-order valence-electron chi connectivity index (χ1n) is 8.35. The summed E-state index contributed by atoms with van der Waals surface area (Å²) in [5.41, 5.74) is 1.42. The third kappa shape index (κ3) is 5.65. The van der Waals surface area contributed by atoms with Crippen LogP contribution in [0.4, 0.5) is 8.78 Å². The lowest BCUT2D eigenvalue weighted by atomic mass is 9.97. The molecule has 0 saturated carbocycles. The molecule has 138 valence electrons. The third-order valence-electron chi connectivity index (χ3n) is 4.16. The molecule has 1 unspecified atom stereocenters. The van der Waals surface area contributed by atoms with Crippen molar-refractivity contribution in [1.82, 2.24) is 4.90 Å². The Morgan fingerprint density at radius 2 is 1.77 bits per heavy atom. The van der Waals surface area contributed by atoms with Crippen molar-refractivity contribution in [3.63, 3.8) is 0 Å². The molecular weight excluding hydrogens is 340 g/mol. The number of halogens is 2. The van der Waals surface area contributed by atoms with Crippen LogP contribution in [0.5, 0.6) is 0 Å². The number of amides is 1. The number of carboxylic acids is 1. The first-order chi connectivity index (χ1) is 12.4. The van der Waals surface area contributed by atoms with Gasteiger partial charge >= 0.3 is 5.97 Å². The molecule has 0 spiro atoms. The van der Waals surface area contributed by atoms with Crippen molar-refractivity contribution in [3.05, 3.63) is 71.3 Å². The summed E-state index contributed by atoms with van der Waals surface area (Å²) in [5, 5.41) is 8.90. The summed E-state index contributed by atoms with van der Waals surface area (Å²) in [6, 6.07) is 12.9. The van der Waals surface area contributed by atoms with E-state index in [9.17, 15) is 18.4 Å². The van der Waals surface area contributed by atoms with Gasteiger partial charge in [0.15, 0.2) is 11.6 Å². The van der Waals surface area contributed by atoms with Crippen LogP contribution in [0.2, 0.25) is 0 Å². The van der Waals surface area contributed by atoms with E-state index in [0.29, 0.717) is 5.56 Å². The Labute approximate surface area is 151 Å². The van der Waals surface area contributed by atoms with Gasteiger partial charge < -0.3 is 10.0 Å². The van der Waals surface area contributed by atoms with Gasteiger partial charge in [-0.3, -0.25) is 9.59 Å². The fourth-order valence-corrected chi connectivity index (χ4v) is 2.67. The van der Waals surface area contributed by atoms with Crippen LogP contribution in [-0.4, -0.2) is 28.4 Å². The lowest BCUT2D eigenvalue weighted by molar-refractivity contribution is -0.138. The number of rotatable bonds is 8. The fraction of sp³-hybridized carbons (Fsp3) is 0.300. The van der Waals surface area contributed by atoms with Crippen molar-refractivity contribution >= 4 is 11.9 Å². The number of hydrogen-bond acceptors (Lipinski definition) is 2. The van der Waals surface area contributed by atoms with Crippen LogP contribution in [0.3, 0.4) is 0 Å². The Kier molecular flexibility index (Phi) is 6.83. The van der Waals surface area contributed by atoms with E-state index in [1.807, 2.05) is 37.3 Å². The molecule has 2 aromatic carbocycles. The lowest BCUT2D eigenvalue weighted by Crippen LogP contribution is -2.33. The van der Waals surface area contributed by atoms with Crippen LogP contribution in [0, 0.1) is 11.6 Å². The van der Waals surface area contributed by atoms with Gasteiger partial charge in [0.05, 0.1) is 6.42 Å². The minimum absolute atomic E-state index is 0.00860. The number of aliphatic carboxylic acids is 1. The maximum absolute atomic E-state index is 13.4. The fourth-order valence-electron chi connectivity index (χ4n) is 2.67. The summed E-state index contributed by atoms with van der Waals surface area (Å²) < 4.78 is 26.5. The molecule has 0 bridgehead atoms. The van der Waals surface area contributed by atoms with Gasteiger partial charge in [-0.15, -0.1) is 0 Å². The number of carboxylic acid groups (broad SMARTS) is 1. The van der Waals surface area contributed by atoms with Crippen LogP contribution < -0.4 is 0 Å². The molecule has 1 atom stereocenters. The highest BCUT2D eigenvalue weighted by atomic mass is 19.2. The van der Waals surface area contributed by atoms with E-state index < -0.39 is 17.6 Å². The zero-order valence-electron chi connectivity index (χ0n) is 14.5. The average Bonchev–Trinajstić information content (AvgIpc) is 2.62. The van der Waals surface area contributed by atoms with E-state index in [4.69, 9.17) is 5.11 Å². The minimum Gasteiger partial charge on any atom is -0.481 e. The van der Waals surface area contributed by atoms with Crippen LogP contribution in [0.1, 0.15) is 36.8 Å². The first kappa shape index (κ1) is 19.6.